The van der Waals surface area contributed by atoms with Gasteiger partial charge in [-0.2, -0.15) is 0 Å². The van der Waals surface area contributed by atoms with Gasteiger partial charge in [-0.05, 0) is 29.7 Å². The molecule has 0 unspecified atom stereocenters. The van der Waals surface area contributed by atoms with E-state index in [2.05, 4.69) is 10.3 Å². The molecule has 108 valence electrons. The molecule has 0 bridgehead atoms. The Bertz CT molecular complexity index is 541. The van der Waals surface area contributed by atoms with Gasteiger partial charge < -0.3 is 10.1 Å². The summed E-state index contributed by atoms with van der Waals surface area (Å²) < 4.78 is 5.30. The minimum Gasteiger partial charge on any atom is -0.381 e. The molecule has 4 heteroatoms. The van der Waals surface area contributed by atoms with Crippen LogP contribution in [0.3, 0.4) is 0 Å². The highest BCUT2D eigenvalue weighted by Crippen LogP contribution is 2.23. The number of carbonyl (C=O) groups is 1. The van der Waals surface area contributed by atoms with Crippen LogP contribution in [-0.2, 0) is 9.53 Å². The van der Waals surface area contributed by atoms with Crippen molar-refractivity contribution in [1.29, 1.82) is 0 Å². The Morgan fingerprint density at radius 2 is 1.86 bits per heavy atom. The van der Waals surface area contributed by atoms with Crippen molar-refractivity contribution in [2.24, 2.45) is 5.92 Å². The van der Waals surface area contributed by atoms with Crippen LogP contribution in [0.4, 0.5) is 0 Å². The number of rotatable bonds is 4. The smallest absolute Gasteiger partial charge is 0.226 e. The lowest BCUT2D eigenvalue weighted by atomic mass is 9.98. The first-order valence-corrected chi connectivity index (χ1v) is 7.17. The fourth-order valence-electron chi connectivity index (χ4n) is 2.56. The molecule has 4 nitrogen and oxygen atoms in total. The zero-order valence-electron chi connectivity index (χ0n) is 11.7. The molecule has 0 radical (unpaired) electrons. The third-order valence-corrected chi connectivity index (χ3v) is 3.76. The summed E-state index contributed by atoms with van der Waals surface area (Å²) >= 11 is 0. The van der Waals surface area contributed by atoms with Crippen molar-refractivity contribution in [1.82, 2.24) is 10.3 Å². The van der Waals surface area contributed by atoms with Crippen LogP contribution in [0.25, 0.3) is 0 Å². The van der Waals surface area contributed by atoms with Gasteiger partial charge in [-0.3, -0.25) is 9.78 Å². The topological polar surface area (TPSA) is 51.2 Å². The molecular formula is C17H18N2O2. The summed E-state index contributed by atoms with van der Waals surface area (Å²) in [6, 6.07) is 13.7. The number of carbonyl (C=O) groups excluding carboxylic acids is 1. The predicted octanol–water partition coefficient (Wildman–Crippen LogP) is 2.32. The molecule has 1 aromatic heterocycles. The van der Waals surface area contributed by atoms with Gasteiger partial charge in [0.1, 0.15) is 0 Å². The molecule has 1 saturated heterocycles. The second-order valence-electron chi connectivity index (χ2n) is 5.19. The van der Waals surface area contributed by atoms with E-state index < -0.39 is 0 Å². The van der Waals surface area contributed by atoms with E-state index in [0.29, 0.717) is 13.2 Å². The van der Waals surface area contributed by atoms with Crippen LogP contribution in [0.5, 0.6) is 0 Å². The Labute approximate surface area is 124 Å². The van der Waals surface area contributed by atoms with Crippen LogP contribution >= 0.6 is 0 Å². The fraction of sp³-hybridized carbons (Fsp3) is 0.294. The molecule has 0 spiro atoms. The lowest BCUT2D eigenvalue weighted by Gasteiger charge is -2.21. The normalized spacial score (nSPS) is 19.1. The molecule has 21 heavy (non-hydrogen) atoms. The maximum Gasteiger partial charge on any atom is 0.226 e. The second kappa shape index (κ2) is 6.50. The summed E-state index contributed by atoms with van der Waals surface area (Å²) in [7, 11) is 0. The molecule has 0 aliphatic carbocycles. The van der Waals surface area contributed by atoms with Gasteiger partial charge in [0.25, 0.3) is 0 Å². The maximum absolute atomic E-state index is 12.4. The fourth-order valence-corrected chi connectivity index (χ4v) is 2.56. The third kappa shape index (κ3) is 3.28. The third-order valence-electron chi connectivity index (χ3n) is 3.76. The number of nitrogens with one attached hydrogen (secondary N) is 1. The standard InChI is InChI=1S/C17H18N2O2/c20-17(15-8-11-21-12-15)19-16(13-4-2-1-3-5-13)14-6-9-18-10-7-14/h1-7,9-10,15-16H,8,11-12H2,(H,19,20)/t15-,16-/m1/s1. The molecule has 1 aromatic carbocycles. The first-order valence-electron chi connectivity index (χ1n) is 7.17. The van der Waals surface area contributed by atoms with Crippen LogP contribution < -0.4 is 5.32 Å². The van der Waals surface area contributed by atoms with Gasteiger partial charge in [-0.15, -0.1) is 0 Å². The molecule has 3 rings (SSSR count). The summed E-state index contributed by atoms with van der Waals surface area (Å²) in [6.07, 6.45) is 4.29. The van der Waals surface area contributed by atoms with Crippen molar-refractivity contribution in [3.63, 3.8) is 0 Å². The maximum atomic E-state index is 12.4. The Morgan fingerprint density at radius 3 is 2.52 bits per heavy atom. The van der Waals surface area contributed by atoms with Gasteiger partial charge in [0.05, 0.1) is 18.6 Å². The minimum absolute atomic E-state index is 0.0435. The highest BCUT2D eigenvalue weighted by Gasteiger charge is 2.26. The molecule has 1 aliphatic rings. The second-order valence-corrected chi connectivity index (χ2v) is 5.19. The van der Waals surface area contributed by atoms with E-state index in [1.807, 2.05) is 42.5 Å². The number of ether oxygens (including phenoxy) is 1. The van der Waals surface area contributed by atoms with Crippen LogP contribution in [0.15, 0.2) is 54.9 Å². The summed E-state index contributed by atoms with van der Waals surface area (Å²) in [5, 5.41) is 3.14. The summed E-state index contributed by atoms with van der Waals surface area (Å²) in [5.41, 5.74) is 2.10. The zero-order chi connectivity index (χ0) is 14.5. The van der Waals surface area contributed by atoms with Gasteiger partial charge in [-0.25, -0.2) is 0 Å². The van der Waals surface area contributed by atoms with Crippen molar-refractivity contribution in [3.8, 4) is 0 Å². The predicted molar refractivity (Wildman–Crippen MR) is 79.6 cm³/mol. The Morgan fingerprint density at radius 1 is 1.14 bits per heavy atom. The Balaban J connectivity index is 1.84. The molecule has 2 aromatic rings. The quantitative estimate of drug-likeness (QED) is 0.936. The first kappa shape index (κ1) is 13.8. The molecule has 1 aliphatic heterocycles. The average molecular weight is 282 g/mol. The van der Waals surface area contributed by atoms with Gasteiger partial charge in [-0.1, -0.05) is 30.3 Å². The van der Waals surface area contributed by atoms with E-state index in [-0.39, 0.29) is 17.9 Å². The van der Waals surface area contributed by atoms with Gasteiger partial charge in [0, 0.05) is 19.0 Å². The highest BCUT2D eigenvalue weighted by atomic mass is 16.5. The van der Waals surface area contributed by atoms with Crippen LogP contribution in [0.2, 0.25) is 0 Å². The number of benzene rings is 1. The summed E-state index contributed by atoms with van der Waals surface area (Å²) in [4.78, 5) is 16.4. The molecule has 1 N–H and O–H groups in total. The van der Waals surface area contributed by atoms with E-state index in [4.69, 9.17) is 4.74 Å². The number of aromatic nitrogens is 1. The molecule has 0 saturated carbocycles. The molecule has 2 atom stereocenters. The van der Waals surface area contributed by atoms with Crippen molar-refractivity contribution in [2.75, 3.05) is 13.2 Å². The zero-order valence-corrected chi connectivity index (χ0v) is 11.7. The minimum atomic E-state index is -0.151. The largest absolute Gasteiger partial charge is 0.381 e. The number of pyridine rings is 1. The van der Waals surface area contributed by atoms with Crippen LogP contribution in [0, 0.1) is 5.92 Å². The molecule has 2 heterocycles. The highest BCUT2D eigenvalue weighted by molar-refractivity contribution is 5.80. The summed E-state index contributed by atoms with van der Waals surface area (Å²) in [6.45, 7) is 1.19. The lowest BCUT2D eigenvalue weighted by molar-refractivity contribution is -0.125. The SMILES string of the molecule is O=C(N[C@H](c1ccccc1)c1ccncc1)[C@@H]1CCOC1. The van der Waals surface area contributed by atoms with Crippen molar-refractivity contribution >= 4 is 5.91 Å². The number of hydrogen-bond acceptors (Lipinski definition) is 3. The lowest BCUT2D eigenvalue weighted by Crippen LogP contribution is -2.34. The van der Waals surface area contributed by atoms with E-state index in [0.717, 1.165) is 17.5 Å². The van der Waals surface area contributed by atoms with E-state index >= 15 is 0 Å². The van der Waals surface area contributed by atoms with Crippen LogP contribution in [0.1, 0.15) is 23.6 Å². The van der Waals surface area contributed by atoms with E-state index in [1.54, 1.807) is 12.4 Å². The molecular weight excluding hydrogens is 264 g/mol. The van der Waals surface area contributed by atoms with Crippen LogP contribution in [-0.4, -0.2) is 24.1 Å². The molecule has 1 amide bonds. The van der Waals surface area contributed by atoms with Crippen molar-refractivity contribution in [3.05, 3.63) is 66.0 Å². The summed E-state index contributed by atoms with van der Waals surface area (Å²) in [5.74, 6) is 0.0104. The average Bonchev–Trinajstić information content (AvgIpc) is 3.09. The van der Waals surface area contributed by atoms with Crippen molar-refractivity contribution < 1.29 is 9.53 Å². The van der Waals surface area contributed by atoms with Gasteiger partial charge >= 0.3 is 0 Å². The number of amides is 1. The van der Waals surface area contributed by atoms with E-state index in [1.165, 1.54) is 0 Å². The number of hydrogen-bond donors (Lipinski definition) is 1. The Hall–Kier alpha value is -2.20. The first-order chi connectivity index (χ1) is 10.3. The van der Waals surface area contributed by atoms with Crippen molar-refractivity contribution in [2.45, 2.75) is 12.5 Å². The van der Waals surface area contributed by atoms with E-state index in [9.17, 15) is 4.79 Å². The molecule has 1 fully saturated rings. The Kier molecular flexibility index (Phi) is 4.26. The van der Waals surface area contributed by atoms with Gasteiger partial charge in [0.2, 0.25) is 5.91 Å². The number of nitrogens with zero attached hydrogens (tertiary/aromatic N) is 1. The van der Waals surface area contributed by atoms with Gasteiger partial charge in [0.15, 0.2) is 0 Å². The monoisotopic (exact) mass is 282 g/mol.